The van der Waals surface area contributed by atoms with E-state index in [9.17, 15) is 10.2 Å². The molecule has 6 aromatic rings. The molecule has 4 heterocycles. The molecule has 6 rings (SSSR count). The quantitative estimate of drug-likeness (QED) is 0.189. The van der Waals surface area contributed by atoms with E-state index in [-0.39, 0.29) is 0 Å². The fraction of sp³-hybridized carbons (Fsp3) is 0.394. The van der Waals surface area contributed by atoms with Crippen molar-refractivity contribution in [3.63, 3.8) is 0 Å². The number of benzene rings is 2. The Morgan fingerprint density at radius 3 is 1.60 bits per heavy atom. The lowest BCUT2D eigenvalue weighted by Crippen LogP contribution is -2.14. The SMILES string of the molecule is CC(C)Cn1c(C(C)O)nc2c(N)nc3ccccc3c21.CC(C)Cn1c(CC(C)O)nc2c(N)nc3ccccc3c21. The third kappa shape index (κ3) is 5.98. The van der Waals surface area contributed by atoms with Crippen molar-refractivity contribution < 1.29 is 10.2 Å². The van der Waals surface area contributed by atoms with Crippen molar-refractivity contribution in [2.24, 2.45) is 11.8 Å². The molecule has 0 radical (unpaired) electrons. The fourth-order valence-electron chi connectivity index (χ4n) is 5.63. The Morgan fingerprint density at radius 2 is 1.12 bits per heavy atom. The van der Waals surface area contributed by atoms with Gasteiger partial charge in [-0.3, -0.25) is 0 Å². The average molecular weight is 583 g/mol. The van der Waals surface area contributed by atoms with E-state index in [2.05, 4.69) is 62.8 Å². The topological polar surface area (TPSA) is 154 Å². The summed E-state index contributed by atoms with van der Waals surface area (Å²) in [5.74, 6) is 3.27. The van der Waals surface area contributed by atoms with Crippen LogP contribution in [0.4, 0.5) is 11.6 Å². The van der Waals surface area contributed by atoms with E-state index < -0.39 is 12.2 Å². The predicted molar refractivity (Wildman–Crippen MR) is 175 cm³/mol. The van der Waals surface area contributed by atoms with Crippen LogP contribution in [0.5, 0.6) is 0 Å². The van der Waals surface area contributed by atoms with Gasteiger partial charge in [-0.05, 0) is 37.8 Å². The van der Waals surface area contributed by atoms with E-state index in [1.54, 1.807) is 13.8 Å². The molecule has 0 amide bonds. The van der Waals surface area contributed by atoms with Crippen molar-refractivity contribution in [2.45, 2.75) is 73.3 Å². The highest BCUT2D eigenvalue weighted by Gasteiger charge is 2.21. The summed E-state index contributed by atoms with van der Waals surface area (Å²) in [6.07, 6.45) is -0.577. The standard InChI is InChI=1S/C17H22N4O.C16H20N4O/c1-10(2)9-21-14(8-11(3)22)20-15-16(21)12-6-4-5-7-13(12)19-17(15)18;1-9(2)8-20-14-11-6-4-5-7-12(11)18-15(17)13(14)19-16(20)10(3)21/h4-7,10-11,22H,8-9H2,1-3H3,(H2,18,19);4-7,9-10,21H,8H2,1-3H3,(H2,17,18). The first-order valence-corrected chi connectivity index (χ1v) is 14.9. The molecular formula is C33H42N8O2. The second-order valence-corrected chi connectivity index (χ2v) is 12.2. The number of hydrogen-bond donors (Lipinski definition) is 4. The fourth-order valence-corrected chi connectivity index (χ4v) is 5.63. The van der Waals surface area contributed by atoms with Crippen LogP contribution in [0.25, 0.3) is 43.9 Å². The molecule has 6 N–H and O–H groups in total. The number of nitrogens with zero attached hydrogens (tertiary/aromatic N) is 6. The monoisotopic (exact) mass is 582 g/mol. The number of aromatic nitrogens is 6. The zero-order valence-electron chi connectivity index (χ0n) is 25.8. The molecule has 2 aromatic carbocycles. The molecule has 10 nitrogen and oxygen atoms in total. The number of aliphatic hydroxyl groups is 2. The maximum Gasteiger partial charge on any atom is 0.152 e. The van der Waals surface area contributed by atoms with Crippen LogP contribution >= 0.6 is 0 Å². The number of hydrogen-bond acceptors (Lipinski definition) is 8. The largest absolute Gasteiger partial charge is 0.393 e. The van der Waals surface area contributed by atoms with E-state index >= 15 is 0 Å². The first kappa shape index (κ1) is 30.2. The van der Waals surface area contributed by atoms with Crippen LogP contribution in [-0.4, -0.2) is 45.4 Å². The Bertz CT molecular complexity index is 1900. The molecule has 0 aliphatic heterocycles. The molecule has 4 aromatic heterocycles. The minimum absolute atomic E-state index is 0.410. The molecule has 43 heavy (non-hydrogen) atoms. The second-order valence-electron chi connectivity index (χ2n) is 12.2. The maximum atomic E-state index is 10.0. The van der Waals surface area contributed by atoms with E-state index in [4.69, 9.17) is 11.5 Å². The number of imidazole rings is 2. The highest BCUT2D eigenvalue weighted by atomic mass is 16.3. The summed E-state index contributed by atoms with van der Waals surface area (Å²) in [4.78, 5) is 18.1. The summed E-state index contributed by atoms with van der Waals surface area (Å²) in [7, 11) is 0. The van der Waals surface area contributed by atoms with Crippen LogP contribution < -0.4 is 11.5 Å². The number of nitrogens with two attached hydrogens (primary N) is 2. The number of anilines is 2. The number of fused-ring (bicyclic) bond motifs is 6. The molecule has 0 bridgehead atoms. The molecule has 0 aliphatic carbocycles. The van der Waals surface area contributed by atoms with Gasteiger partial charge in [0.25, 0.3) is 0 Å². The lowest BCUT2D eigenvalue weighted by Gasteiger charge is -2.14. The van der Waals surface area contributed by atoms with Gasteiger partial charge in [0, 0.05) is 30.3 Å². The van der Waals surface area contributed by atoms with Gasteiger partial charge in [-0.25, -0.2) is 19.9 Å². The van der Waals surface area contributed by atoms with Crippen molar-refractivity contribution >= 4 is 55.5 Å². The summed E-state index contributed by atoms with van der Waals surface area (Å²) in [6.45, 7) is 13.8. The minimum Gasteiger partial charge on any atom is -0.393 e. The molecule has 2 unspecified atom stereocenters. The smallest absolute Gasteiger partial charge is 0.152 e. The number of aliphatic hydroxyl groups excluding tert-OH is 2. The van der Waals surface area contributed by atoms with Crippen molar-refractivity contribution in [3.8, 4) is 0 Å². The van der Waals surface area contributed by atoms with Gasteiger partial charge in [0.05, 0.1) is 28.2 Å². The van der Waals surface area contributed by atoms with Crippen LogP contribution in [0.2, 0.25) is 0 Å². The van der Waals surface area contributed by atoms with Gasteiger partial charge in [-0.1, -0.05) is 64.1 Å². The van der Waals surface area contributed by atoms with E-state index in [0.29, 0.717) is 41.2 Å². The maximum absolute atomic E-state index is 10.0. The third-order valence-corrected chi connectivity index (χ3v) is 7.28. The van der Waals surface area contributed by atoms with Crippen molar-refractivity contribution in [3.05, 3.63) is 60.2 Å². The molecule has 0 saturated heterocycles. The van der Waals surface area contributed by atoms with E-state index in [1.165, 1.54) is 0 Å². The normalized spacial score (nSPS) is 13.3. The predicted octanol–water partition coefficient (Wildman–Crippen LogP) is 5.62. The molecule has 0 saturated carbocycles. The van der Waals surface area contributed by atoms with Crippen molar-refractivity contribution in [1.82, 2.24) is 29.1 Å². The Balaban J connectivity index is 0.000000171. The number of pyridine rings is 2. The van der Waals surface area contributed by atoms with E-state index in [1.807, 2.05) is 42.5 Å². The van der Waals surface area contributed by atoms with Gasteiger partial charge in [0.1, 0.15) is 28.8 Å². The summed E-state index contributed by atoms with van der Waals surface area (Å²) in [5.41, 5.74) is 17.3. The first-order chi connectivity index (χ1) is 20.5. The van der Waals surface area contributed by atoms with Gasteiger partial charge in [0.2, 0.25) is 0 Å². The minimum atomic E-state index is -0.644. The molecular weight excluding hydrogens is 540 g/mol. The van der Waals surface area contributed by atoms with Crippen LogP contribution in [0, 0.1) is 11.8 Å². The molecule has 0 aliphatic rings. The Morgan fingerprint density at radius 1 is 0.651 bits per heavy atom. The summed E-state index contributed by atoms with van der Waals surface area (Å²) >= 11 is 0. The van der Waals surface area contributed by atoms with Gasteiger partial charge in [-0.15, -0.1) is 0 Å². The molecule has 0 fully saturated rings. The Kier molecular flexibility index (Phi) is 8.52. The van der Waals surface area contributed by atoms with Gasteiger partial charge in [-0.2, -0.15) is 0 Å². The average Bonchev–Trinajstić information content (AvgIpc) is 3.48. The molecule has 0 spiro atoms. The lowest BCUT2D eigenvalue weighted by atomic mass is 10.1. The van der Waals surface area contributed by atoms with E-state index in [0.717, 1.165) is 57.3 Å². The third-order valence-electron chi connectivity index (χ3n) is 7.28. The zero-order chi connectivity index (χ0) is 31.0. The number of nitrogen functional groups attached to an aromatic ring is 2. The highest BCUT2D eigenvalue weighted by molar-refractivity contribution is 6.07. The molecule has 226 valence electrons. The van der Waals surface area contributed by atoms with Crippen LogP contribution in [0.3, 0.4) is 0 Å². The number of para-hydroxylation sites is 2. The lowest BCUT2D eigenvalue weighted by molar-refractivity contribution is 0.183. The summed E-state index contributed by atoms with van der Waals surface area (Å²) in [5, 5.41) is 21.9. The van der Waals surface area contributed by atoms with Gasteiger partial charge in [0.15, 0.2) is 11.6 Å². The summed E-state index contributed by atoms with van der Waals surface area (Å²) < 4.78 is 4.26. The van der Waals surface area contributed by atoms with Gasteiger partial charge < -0.3 is 30.8 Å². The molecule has 10 heteroatoms. The van der Waals surface area contributed by atoms with Crippen LogP contribution in [0.1, 0.15) is 59.3 Å². The number of rotatable bonds is 7. The molecule has 2 atom stereocenters. The first-order valence-electron chi connectivity index (χ1n) is 14.9. The summed E-state index contributed by atoms with van der Waals surface area (Å²) in [6, 6.07) is 15.9. The van der Waals surface area contributed by atoms with Gasteiger partial charge >= 0.3 is 0 Å². The van der Waals surface area contributed by atoms with Crippen LogP contribution in [-0.2, 0) is 19.5 Å². The Labute approximate surface area is 251 Å². The van der Waals surface area contributed by atoms with Crippen molar-refractivity contribution in [2.75, 3.05) is 11.5 Å². The van der Waals surface area contributed by atoms with Crippen LogP contribution in [0.15, 0.2) is 48.5 Å². The van der Waals surface area contributed by atoms with Crippen molar-refractivity contribution in [1.29, 1.82) is 0 Å². The zero-order valence-corrected chi connectivity index (χ0v) is 25.8. The second kappa shape index (κ2) is 12.1. The highest BCUT2D eigenvalue weighted by Crippen LogP contribution is 2.32. The Hall–Kier alpha value is -4.28.